The van der Waals surface area contributed by atoms with Gasteiger partial charge in [-0.15, -0.1) is 17.2 Å². The molecule has 0 saturated heterocycles. The van der Waals surface area contributed by atoms with Crippen LogP contribution in [0.2, 0.25) is 0 Å². The van der Waals surface area contributed by atoms with E-state index in [0.29, 0.717) is 11.1 Å². The van der Waals surface area contributed by atoms with Crippen molar-refractivity contribution in [1.29, 1.82) is 0 Å². The maximum atomic E-state index is 11.8. The minimum Gasteiger partial charge on any atom is -2.00 e. The first-order valence-corrected chi connectivity index (χ1v) is 11.5. The number of nitrogens with zero attached hydrogens (tertiary/aromatic N) is 2. The molecule has 0 fully saturated rings. The molecule has 3 aromatic carbocycles. The molecule has 4 rings (SSSR count). The number of pyridine rings is 1. The van der Waals surface area contributed by atoms with Gasteiger partial charge in [-0.1, -0.05) is 102 Å². The van der Waals surface area contributed by atoms with Gasteiger partial charge in [0.1, 0.15) is 0 Å². The fourth-order valence-electron chi connectivity index (χ4n) is 3.51. The summed E-state index contributed by atoms with van der Waals surface area (Å²) in [5.74, 6) is -0.780. The first-order chi connectivity index (χ1) is 16.4. The molecule has 0 atom stereocenters. The number of rotatable bonds is 2. The van der Waals surface area contributed by atoms with E-state index in [1.807, 2.05) is 84.0 Å². The molecule has 0 bridgehead atoms. The van der Waals surface area contributed by atoms with Gasteiger partial charge in [0.25, 0.3) is 0 Å². The van der Waals surface area contributed by atoms with Gasteiger partial charge in [0, 0.05) is 36.4 Å². The van der Waals surface area contributed by atoms with Crippen molar-refractivity contribution in [3.63, 3.8) is 0 Å². The van der Waals surface area contributed by atoms with Crippen molar-refractivity contribution >= 4 is 22.8 Å². The summed E-state index contributed by atoms with van der Waals surface area (Å²) in [5.41, 5.74) is 3.35. The largest absolute Gasteiger partial charge is 2.00 e. The van der Waals surface area contributed by atoms with Crippen LogP contribution in [-0.2, 0) is 34.9 Å². The standard InChI is InChI=1S/C16H12N2O.C14H22O2.O.V/c19-15-9-2-1-5-13(15)11-18-14-8-3-6-12-7-4-10-17-16(12)14;1-13(2,3)9-7-10(14(4,5)6)12(16)11(15)8-9;;/h1-11,19H;7-8,15-16H,1-6H3;;/q;;-2;/p-3. The fourth-order valence-corrected chi connectivity index (χ4v) is 3.51. The van der Waals surface area contributed by atoms with E-state index in [-0.39, 0.29) is 46.4 Å². The summed E-state index contributed by atoms with van der Waals surface area (Å²) in [6.45, 7) is 12.0. The maximum absolute atomic E-state index is 11.8. The number of benzene rings is 3. The zero-order valence-electron chi connectivity index (χ0n) is 22.0. The van der Waals surface area contributed by atoms with Crippen LogP contribution in [0.5, 0.6) is 17.2 Å². The van der Waals surface area contributed by atoms with Crippen LogP contribution in [0.15, 0.2) is 77.9 Å². The average Bonchev–Trinajstić information content (AvgIpc) is 2.79. The molecule has 0 aliphatic carbocycles. The number of fused-ring (bicyclic) bond motifs is 1. The van der Waals surface area contributed by atoms with Crippen LogP contribution in [0.4, 0.5) is 5.69 Å². The van der Waals surface area contributed by atoms with E-state index in [0.717, 1.165) is 22.2 Å². The molecule has 1 aromatic heterocycles. The Balaban J connectivity index is 0.000000357. The van der Waals surface area contributed by atoms with Crippen molar-refractivity contribution in [2.75, 3.05) is 0 Å². The number of hydrogen-bond acceptors (Lipinski definition) is 5. The molecule has 1 heterocycles. The van der Waals surface area contributed by atoms with Gasteiger partial charge in [-0.3, -0.25) is 9.98 Å². The maximum Gasteiger partial charge on any atom is 0.0958 e. The van der Waals surface area contributed by atoms with Crippen LogP contribution in [0.1, 0.15) is 58.2 Å². The molecule has 37 heavy (non-hydrogen) atoms. The molecule has 0 N–H and O–H groups in total. The Labute approximate surface area is 231 Å². The van der Waals surface area contributed by atoms with E-state index in [1.54, 1.807) is 24.5 Å². The monoisotopic (exact) mass is 534 g/mol. The Hall–Kier alpha value is -3.32. The molecule has 7 heteroatoms. The normalized spacial score (nSPS) is 11.3. The van der Waals surface area contributed by atoms with E-state index in [2.05, 4.69) is 9.98 Å². The Morgan fingerprint density at radius 1 is 0.757 bits per heavy atom. The molecule has 0 saturated carbocycles. The topological polar surface area (TPSA) is 123 Å². The van der Waals surface area contributed by atoms with Gasteiger partial charge in [-0.2, -0.15) is 0 Å². The van der Waals surface area contributed by atoms with E-state index >= 15 is 0 Å². The second-order valence-corrected chi connectivity index (χ2v) is 10.5. The third-order valence-corrected chi connectivity index (χ3v) is 5.60. The molecule has 0 spiro atoms. The third-order valence-electron chi connectivity index (χ3n) is 5.60. The second-order valence-electron chi connectivity index (χ2n) is 10.5. The average molecular weight is 535 g/mol. The van der Waals surface area contributed by atoms with Gasteiger partial charge in [-0.25, -0.2) is 0 Å². The van der Waals surface area contributed by atoms with Gasteiger partial charge in [0.05, 0.1) is 11.2 Å². The predicted molar refractivity (Wildman–Crippen MR) is 138 cm³/mol. The van der Waals surface area contributed by atoms with Crippen LogP contribution in [0.3, 0.4) is 0 Å². The van der Waals surface area contributed by atoms with Crippen molar-refractivity contribution in [1.82, 2.24) is 4.98 Å². The van der Waals surface area contributed by atoms with E-state index in [1.165, 1.54) is 12.1 Å². The Bertz CT molecular complexity index is 1350. The summed E-state index contributed by atoms with van der Waals surface area (Å²) >= 11 is 0. The van der Waals surface area contributed by atoms with Gasteiger partial charge in [0.15, 0.2) is 0 Å². The molecule has 0 unspecified atom stereocenters. The van der Waals surface area contributed by atoms with Crippen LogP contribution >= 0.6 is 0 Å². The molecule has 195 valence electrons. The van der Waals surface area contributed by atoms with Crippen molar-refractivity contribution in [2.45, 2.75) is 52.4 Å². The van der Waals surface area contributed by atoms with Crippen LogP contribution in [0, 0.1) is 0 Å². The number of aromatic nitrogens is 1. The summed E-state index contributed by atoms with van der Waals surface area (Å²) in [5, 5.41) is 36.1. The molecule has 0 amide bonds. The van der Waals surface area contributed by atoms with Crippen LogP contribution < -0.4 is 15.3 Å². The third kappa shape index (κ3) is 8.09. The zero-order valence-corrected chi connectivity index (χ0v) is 23.4. The molecule has 1 radical (unpaired) electrons. The predicted octanol–water partition coefficient (Wildman–Crippen LogP) is 5.37. The smallest absolute Gasteiger partial charge is 0.0958 e. The number of aliphatic imine (C=N–C) groups is 1. The fraction of sp³-hybridized carbons (Fsp3) is 0.267. The van der Waals surface area contributed by atoms with Gasteiger partial charge >= 0.3 is 0 Å². The minimum absolute atomic E-state index is 0. The summed E-state index contributed by atoms with van der Waals surface area (Å²) in [4.78, 5) is 8.70. The van der Waals surface area contributed by atoms with E-state index < -0.39 is 5.75 Å². The molecule has 0 aliphatic rings. The Kier molecular flexibility index (Phi) is 10.9. The molecular formula is C30H31N2O4V-5. The van der Waals surface area contributed by atoms with Crippen LogP contribution in [-0.4, -0.2) is 11.2 Å². The van der Waals surface area contributed by atoms with Crippen molar-refractivity contribution in [2.24, 2.45) is 4.99 Å². The SMILES string of the molecule is CC(C)(C)c1cc([O-])c([O-])c(C(C)(C)C)c1.[O-2].[O-]c1ccccc1C=Nc1cccc2cccnc12.[V]. The minimum atomic E-state index is -0.391. The summed E-state index contributed by atoms with van der Waals surface area (Å²) in [7, 11) is 0. The number of para-hydroxylation sites is 2. The van der Waals surface area contributed by atoms with Gasteiger partial charge in [0.2, 0.25) is 0 Å². The molecule has 6 nitrogen and oxygen atoms in total. The van der Waals surface area contributed by atoms with Crippen molar-refractivity contribution in [3.8, 4) is 17.2 Å². The van der Waals surface area contributed by atoms with Crippen molar-refractivity contribution < 1.29 is 39.4 Å². The molecule has 4 aromatic rings. The van der Waals surface area contributed by atoms with Gasteiger partial charge < -0.3 is 20.8 Å². The molecule has 0 aliphatic heterocycles. The van der Waals surface area contributed by atoms with E-state index in [4.69, 9.17) is 0 Å². The summed E-state index contributed by atoms with van der Waals surface area (Å²) in [6, 6.07) is 19.9. The van der Waals surface area contributed by atoms with E-state index in [9.17, 15) is 15.3 Å². The number of hydrogen-bond donors (Lipinski definition) is 0. The van der Waals surface area contributed by atoms with Crippen molar-refractivity contribution in [3.05, 3.63) is 89.6 Å². The Morgan fingerprint density at radius 3 is 2.03 bits per heavy atom. The molecular weight excluding hydrogens is 503 g/mol. The Morgan fingerprint density at radius 2 is 1.41 bits per heavy atom. The quantitative estimate of drug-likeness (QED) is 0.321. The first-order valence-electron chi connectivity index (χ1n) is 11.5. The van der Waals surface area contributed by atoms with Crippen LogP contribution in [0.25, 0.3) is 10.9 Å². The first kappa shape index (κ1) is 31.7. The zero-order chi connectivity index (χ0) is 25.8. The summed E-state index contributed by atoms with van der Waals surface area (Å²) in [6.07, 6.45) is 3.33. The summed E-state index contributed by atoms with van der Waals surface area (Å²) < 4.78 is 0. The van der Waals surface area contributed by atoms with Gasteiger partial charge in [-0.05, 0) is 34.1 Å². The second kappa shape index (κ2) is 12.8.